The van der Waals surface area contributed by atoms with E-state index < -0.39 is 11.9 Å². The summed E-state index contributed by atoms with van der Waals surface area (Å²) in [5.41, 5.74) is 1.19. The molecule has 25 heavy (non-hydrogen) atoms. The SMILES string of the molecule is CCOCCCNCc1ccc(OCC)c(OC)c1.O=C(O)C(=O)O. The first-order valence-corrected chi connectivity index (χ1v) is 8.00. The van der Waals surface area contributed by atoms with E-state index in [1.54, 1.807) is 7.11 Å². The zero-order valence-corrected chi connectivity index (χ0v) is 14.9. The van der Waals surface area contributed by atoms with Gasteiger partial charge in [-0.15, -0.1) is 0 Å². The molecule has 0 bridgehead atoms. The van der Waals surface area contributed by atoms with Crippen LogP contribution in [0.3, 0.4) is 0 Å². The molecule has 142 valence electrons. The van der Waals surface area contributed by atoms with Gasteiger partial charge >= 0.3 is 11.9 Å². The van der Waals surface area contributed by atoms with Crippen molar-refractivity contribution in [1.82, 2.24) is 5.32 Å². The van der Waals surface area contributed by atoms with Gasteiger partial charge in [-0.25, -0.2) is 9.59 Å². The number of rotatable bonds is 10. The van der Waals surface area contributed by atoms with E-state index in [9.17, 15) is 0 Å². The molecule has 0 heterocycles. The molecule has 1 aromatic rings. The van der Waals surface area contributed by atoms with Crippen LogP contribution in [0.5, 0.6) is 11.5 Å². The van der Waals surface area contributed by atoms with Crippen molar-refractivity contribution in [1.29, 1.82) is 0 Å². The third-order valence-electron chi connectivity index (χ3n) is 2.89. The number of ether oxygens (including phenoxy) is 3. The maximum atomic E-state index is 9.10. The molecule has 0 aliphatic carbocycles. The van der Waals surface area contributed by atoms with Crippen molar-refractivity contribution in [2.24, 2.45) is 0 Å². The Morgan fingerprint density at radius 2 is 1.76 bits per heavy atom. The molecule has 8 heteroatoms. The van der Waals surface area contributed by atoms with Crippen LogP contribution in [0.25, 0.3) is 0 Å². The van der Waals surface area contributed by atoms with Crippen LogP contribution in [0.15, 0.2) is 18.2 Å². The first kappa shape index (κ1) is 22.7. The highest BCUT2D eigenvalue weighted by Crippen LogP contribution is 2.27. The fourth-order valence-corrected chi connectivity index (χ4v) is 1.77. The fourth-order valence-electron chi connectivity index (χ4n) is 1.77. The Labute approximate surface area is 147 Å². The Bertz CT molecular complexity index is 508. The summed E-state index contributed by atoms with van der Waals surface area (Å²) in [6, 6.07) is 6.03. The molecule has 0 spiro atoms. The second-order valence-corrected chi connectivity index (χ2v) is 4.76. The highest BCUT2D eigenvalue weighted by atomic mass is 16.5. The van der Waals surface area contributed by atoms with Gasteiger partial charge in [-0.1, -0.05) is 6.07 Å². The third kappa shape index (κ3) is 11.0. The molecule has 1 aromatic carbocycles. The van der Waals surface area contributed by atoms with Gasteiger partial charge in [0.1, 0.15) is 0 Å². The molecule has 0 radical (unpaired) electrons. The molecule has 0 amide bonds. The summed E-state index contributed by atoms with van der Waals surface area (Å²) in [7, 11) is 1.66. The molecule has 0 aliphatic rings. The van der Waals surface area contributed by atoms with Crippen LogP contribution in [0, 0.1) is 0 Å². The average Bonchev–Trinajstić information content (AvgIpc) is 2.59. The zero-order chi connectivity index (χ0) is 19.1. The van der Waals surface area contributed by atoms with E-state index in [0.717, 1.165) is 44.2 Å². The van der Waals surface area contributed by atoms with E-state index in [1.807, 2.05) is 26.0 Å². The van der Waals surface area contributed by atoms with Crippen LogP contribution in [-0.2, 0) is 20.9 Å². The van der Waals surface area contributed by atoms with E-state index in [2.05, 4.69) is 11.4 Å². The number of methoxy groups -OCH3 is 1. The number of hydrogen-bond acceptors (Lipinski definition) is 6. The van der Waals surface area contributed by atoms with E-state index in [-0.39, 0.29) is 0 Å². The van der Waals surface area contributed by atoms with Crippen LogP contribution >= 0.6 is 0 Å². The van der Waals surface area contributed by atoms with E-state index >= 15 is 0 Å². The molecule has 0 saturated heterocycles. The lowest BCUT2D eigenvalue weighted by Gasteiger charge is -2.11. The molecular weight excluding hydrogens is 330 g/mol. The van der Waals surface area contributed by atoms with Crippen LogP contribution < -0.4 is 14.8 Å². The topological polar surface area (TPSA) is 114 Å². The molecular formula is C17H27NO7. The number of carbonyl (C=O) groups is 2. The number of nitrogens with one attached hydrogen (secondary N) is 1. The Morgan fingerprint density at radius 3 is 2.28 bits per heavy atom. The van der Waals surface area contributed by atoms with Crippen LogP contribution in [0.1, 0.15) is 25.8 Å². The molecule has 8 nitrogen and oxygen atoms in total. The Kier molecular flexibility index (Phi) is 12.8. The molecule has 0 aliphatic heterocycles. The number of carboxylic acids is 2. The molecule has 0 atom stereocenters. The van der Waals surface area contributed by atoms with Crippen molar-refractivity contribution in [3.63, 3.8) is 0 Å². The average molecular weight is 357 g/mol. The normalized spacial score (nSPS) is 9.72. The van der Waals surface area contributed by atoms with Gasteiger partial charge < -0.3 is 29.7 Å². The number of carboxylic acid groups (broad SMARTS) is 2. The summed E-state index contributed by atoms with van der Waals surface area (Å²) in [5.74, 6) is -2.06. The number of hydrogen-bond donors (Lipinski definition) is 3. The monoisotopic (exact) mass is 357 g/mol. The molecule has 1 rings (SSSR count). The Hall–Kier alpha value is -2.32. The minimum Gasteiger partial charge on any atom is -0.493 e. The first-order chi connectivity index (χ1) is 12.0. The predicted molar refractivity (Wildman–Crippen MR) is 92.3 cm³/mol. The van der Waals surface area contributed by atoms with Gasteiger partial charge in [-0.2, -0.15) is 0 Å². The van der Waals surface area contributed by atoms with Gasteiger partial charge in [0.05, 0.1) is 13.7 Å². The van der Waals surface area contributed by atoms with Crippen LogP contribution in [0.2, 0.25) is 0 Å². The lowest BCUT2D eigenvalue weighted by Crippen LogP contribution is -2.16. The van der Waals surface area contributed by atoms with Crippen molar-refractivity contribution in [2.75, 3.05) is 33.5 Å². The highest BCUT2D eigenvalue weighted by molar-refractivity contribution is 6.27. The maximum Gasteiger partial charge on any atom is 0.414 e. The van der Waals surface area contributed by atoms with Gasteiger partial charge in [-0.3, -0.25) is 0 Å². The number of benzene rings is 1. The van der Waals surface area contributed by atoms with E-state index in [1.165, 1.54) is 5.56 Å². The zero-order valence-electron chi connectivity index (χ0n) is 14.9. The van der Waals surface area contributed by atoms with E-state index in [0.29, 0.717) is 6.61 Å². The largest absolute Gasteiger partial charge is 0.493 e. The van der Waals surface area contributed by atoms with Crippen molar-refractivity contribution in [3.05, 3.63) is 23.8 Å². The molecule has 0 unspecified atom stereocenters. The summed E-state index contributed by atoms with van der Waals surface area (Å²) in [5, 5.41) is 18.2. The van der Waals surface area contributed by atoms with Crippen LogP contribution in [0.4, 0.5) is 0 Å². The second kappa shape index (κ2) is 14.1. The summed E-state index contributed by atoms with van der Waals surface area (Å²) in [6.45, 7) is 8.01. The lowest BCUT2D eigenvalue weighted by molar-refractivity contribution is -0.159. The summed E-state index contributed by atoms with van der Waals surface area (Å²) < 4.78 is 16.1. The smallest absolute Gasteiger partial charge is 0.414 e. The van der Waals surface area contributed by atoms with Crippen molar-refractivity contribution in [3.8, 4) is 11.5 Å². The number of aliphatic carboxylic acids is 2. The lowest BCUT2D eigenvalue weighted by atomic mass is 10.2. The quantitative estimate of drug-likeness (QED) is 0.429. The first-order valence-electron chi connectivity index (χ1n) is 8.00. The molecule has 3 N–H and O–H groups in total. The van der Waals surface area contributed by atoms with Gasteiger partial charge in [-0.05, 0) is 44.5 Å². The standard InChI is InChI=1S/C15H25NO3.C2H2O4/c1-4-18-10-6-9-16-12-13-7-8-14(19-5-2)15(11-13)17-3;3-1(4)2(5)6/h7-8,11,16H,4-6,9-10,12H2,1-3H3;(H,3,4)(H,5,6). The predicted octanol–water partition coefficient (Wildman–Crippen LogP) is 1.77. The summed E-state index contributed by atoms with van der Waals surface area (Å²) in [4.78, 5) is 18.2. The van der Waals surface area contributed by atoms with Crippen molar-refractivity contribution >= 4 is 11.9 Å². The van der Waals surface area contributed by atoms with Crippen LogP contribution in [-0.4, -0.2) is 55.6 Å². The van der Waals surface area contributed by atoms with Crippen molar-refractivity contribution in [2.45, 2.75) is 26.8 Å². The second-order valence-electron chi connectivity index (χ2n) is 4.76. The minimum atomic E-state index is -1.82. The Morgan fingerprint density at radius 1 is 1.08 bits per heavy atom. The molecule has 0 saturated carbocycles. The molecule has 0 aromatic heterocycles. The summed E-state index contributed by atoms with van der Waals surface area (Å²) >= 11 is 0. The molecule has 0 fully saturated rings. The van der Waals surface area contributed by atoms with Crippen molar-refractivity contribution < 1.29 is 34.0 Å². The fraction of sp³-hybridized carbons (Fsp3) is 0.529. The third-order valence-corrected chi connectivity index (χ3v) is 2.89. The minimum absolute atomic E-state index is 0.644. The van der Waals surface area contributed by atoms with E-state index in [4.69, 9.17) is 34.0 Å². The van der Waals surface area contributed by atoms with Gasteiger partial charge in [0, 0.05) is 19.8 Å². The Balaban J connectivity index is 0.000000823. The van der Waals surface area contributed by atoms with Gasteiger partial charge in [0.2, 0.25) is 0 Å². The maximum absolute atomic E-state index is 9.10. The summed E-state index contributed by atoms with van der Waals surface area (Å²) in [6.07, 6.45) is 1.03. The highest BCUT2D eigenvalue weighted by Gasteiger charge is 2.05. The van der Waals surface area contributed by atoms with Gasteiger partial charge in [0.25, 0.3) is 0 Å². The van der Waals surface area contributed by atoms with Gasteiger partial charge in [0.15, 0.2) is 11.5 Å².